The van der Waals surface area contributed by atoms with Crippen LogP contribution in [-0.4, -0.2) is 48.0 Å². The number of hydrogen-bond donors (Lipinski definition) is 1. The molecule has 1 aromatic heterocycles. The zero-order valence-electron chi connectivity index (χ0n) is 12.7. The molecule has 0 aromatic carbocycles. The van der Waals surface area contributed by atoms with Crippen LogP contribution in [0, 0.1) is 5.92 Å². The van der Waals surface area contributed by atoms with Gasteiger partial charge in [-0.15, -0.1) is 24.8 Å². The maximum atomic E-state index is 12.2. The molecule has 0 radical (unpaired) electrons. The first-order valence-corrected chi connectivity index (χ1v) is 7.69. The van der Waals surface area contributed by atoms with Crippen molar-refractivity contribution in [2.24, 2.45) is 11.7 Å². The SMILES string of the molecule is CC(N)C(C)C(=O)N1CCN(c2ccc(Br)cn2)CC1.Cl.Cl. The zero-order valence-corrected chi connectivity index (χ0v) is 16.0. The third kappa shape index (κ3) is 5.26. The lowest BCUT2D eigenvalue weighted by atomic mass is 10.0. The highest BCUT2D eigenvalue weighted by molar-refractivity contribution is 9.10. The Morgan fingerprint density at radius 3 is 2.27 bits per heavy atom. The Morgan fingerprint density at radius 2 is 1.82 bits per heavy atom. The third-order valence-corrected chi connectivity index (χ3v) is 4.27. The van der Waals surface area contributed by atoms with Gasteiger partial charge in [-0.25, -0.2) is 4.98 Å². The molecule has 1 aliphatic heterocycles. The van der Waals surface area contributed by atoms with Gasteiger partial charge in [0.05, 0.1) is 5.92 Å². The van der Waals surface area contributed by atoms with Crippen molar-refractivity contribution >= 4 is 52.5 Å². The fraction of sp³-hybridized carbons (Fsp3) is 0.571. The van der Waals surface area contributed by atoms with Crippen molar-refractivity contribution in [3.63, 3.8) is 0 Å². The molecule has 0 spiro atoms. The van der Waals surface area contributed by atoms with Crippen molar-refractivity contribution < 1.29 is 4.79 Å². The maximum Gasteiger partial charge on any atom is 0.227 e. The van der Waals surface area contributed by atoms with Crippen LogP contribution in [0.4, 0.5) is 5.82 Å². The summed E-state index contributed by atoms with van der Waals surface area (Å²) < 4.78 is 0.973. The molecule has 1 amide bonds. The summed E-state index contributed by atoms with van der Waals surface area (Å²) in [6.07, 6.45) is 1.80. The lowest BCUT2D eigenvalue weighted by molar-refractivity contribution is -0.135. The molecule has 1 saturated heterocycles. The van der Waals surface area contributed by atoms with Gasteiger partial charge >= 0.3 is 0 Å². The Labute approximate surface area is 152 Å². The quantitative estimate of drug-likeness (QED) is 0.825. The maximum absolute atomic E-state index is 12.2. The average Bonchev–Trinajstić information content (AvgIpc) is 2.46. The second-order valence-corrected chi connectivity index (χ2v) is 6.21. The molecule has 0 saturated carbocycles. The molecule has 1 fully saturated rings. The Balaban J connectivity index is 0.00000220. The Bertz CT molecular complexity index is 464. The van der Waals surface area contributed by atoms with E-state index in [0.29, 0.717) is 0 Å². The van der Waals surface area contributed by atoms with Crippen molar-refractivity contribution in [2.75, 3.05) is 31.1 Å². The largest absolute Gasteiger partial charge is 0.353 e. The number of rotatable bonds is 3. The number of aromatic nitrogens is 1. The van der Waals surface area contributed by atoms with Crippen molar-refractivity contribution in [1.29, 1.82) is 0 Å². The average molecular weight is 414 g/mol. The normalized spacial score (nSPS) is 17.1. The molecule has 2 rings (SSSR count). The third-order valence-electron chi connectivity index (χ3n) is 3.81. The topological polar surface area (TPSA) is 62.5 Å². The van der Waals surface area contributed by atoms with E-state index in [-0.39, 0.29) is 42.7 Å². The number of pyridine rings is 1. The number of anilines is 1. The van der Waals surface area contributed by atoms with Gasteiger partial charge in [0.2, 0.25) is 5.91 Å². The predicted molar refractivity (Wildman–Crippen MR) is 98.0 cm³/mol. The number of halogens is 3. The van der Waals surface area contributed by atoms with E-state index in [1.165, 1.54) is 0 Å². The molecule has 126 valence electrons. The highest BCUT2D eigenvalue weighted by Crippen LogP contribution is 2.17. The highest BCUT2D eigenvalue weighted by Gasteiger charge is 2.26. The molecule has 22 heavy (non-hydrogen) atoms. The van der Waals surface area contributed by atoms with Gasteiger partial charge in [-0.2, -0.15) is 0 Å². The predicted octanol–water partition coefficient (Wildman–Crippen LogP) is 2.32. The van der Waals surface area contributed by atoms with E-state index >= 15 is 0 Å². The van der Waals surface area contributed by atoms with E-state index in [2.05, 4.69) is 25.8 Å². The summed E-state index contributed by atoms with van der Waals surface area (Å²) >= 11 is 3.38. The first-order chi connectivity index (χ1) is 9.49. The minimum Gasteiger partial charge on any atom is -0.353 e. The fourth-order valence-corrected chi connectivity index (χ4v) is 2.46. The molecular weight excluding hydrogens is 391 g/mol. The van der Waals surface area contributed by atoms with Gasteiger partial charge in [0.25, 0.3) is 0 Å². The van der Waals surface area contributed by atoms with Gasteiger partial charge in [-0.3, -0.25) is 4.79 Å². The van der Waals surface area contributed by atoms with Crippen LogP contribution in [0.15, 0.2) is 22.8 Å². The molecule has 1 aromatic rings. The monoisotopic (exact) mass is 412 g/mol. The number of piperazine rings is 1. The minimum absolute atomic E-state index is 0. The molecule has 2 unspecified atom stereocenters. The second kappa shape index (κ2) is 9.55. The smallest absolute Gasteiger partial charge is 0.227 e. The molecule has 1 aliphatic rings. The van der Waals surface area contributed by atoms with Gasteiger partial charge in [-0.05, 0) is 35.0 Å². The summed E-state index contributed by atoms with van der Waals surface area (Å²) in [5.41, 5.74) is 5.80. The molecule has 0 bridgehead atoms. The van der Waals surface area contributed by atoms with E-state index in [1.54, 1.807) is 6.20 Å². The van der Waals surface area contributed by atoms with E-state index in [9.17, 15) is 4.79 Å². The number of carbonyl (C=O) groups is 1. The Hall–Kier alpha value is -0.560. The summed E-state index contributed by atoms with van der Waals surface area (Å²) in [5.74, 6) is 0.997. The number of carbonyl (C=O) groups excluding carboxylic acids is 1. The van der Waals surface area contributed by atoms with Crippen LogP contribution in [0.25, 0.3) is 0 Å². The fourth-order valence-electron chi connectivity index (χ4n) is 2.22. The van der Waals surface area contributed by atoms with Crippen LogP contribution in [0.3, 0.4) is 0 Å². The van der Waals surface area contributed by atoms with Crippen LogP contribution < -0.4 is 10.6 Å². The van der Waals surface area contributed by atoms with E-state index in [4.69, 9.17) is 5.73 Å². The van der Waals surface area contributed by atoms with Crippen LogP contribution in [-0.2, 0) is 4.79 Å². The molecule has 2 atom stereocenters. The molecule has 2 N–H and O–H groups in total. The molecule has 0 aliphatic carbocycles. The molecule has 8 heteroatoms. The second-order valence-electron chi connectivity index (χ2n) is 5.29. The molecule has 5 nitrogen and oxygen atoms in total. The van der Waals surface area contributed by atoms with Crippen LogP contribution in [0.2, 0.25) is 0 Å². The van der Waals surface area contributed by atoms with Gasteiger partial charge in [0.1, 0.15) is 5.82 Å². The van der Waals surface area contributed by atoms with Crippen molar-refractivity contribution in [1.82, 2.24) is 9.88 Å². The van der Waals surface area contributed by atoms with Crippen LogP contribution in [0.1, 0.15) is 13.8 Å². The summed E-state index contributed by atoms with van der Waals surface area (Å²) in [6.45, 7) is 6.86. The summed E-state index contributed by atoms with van der Waals surface area (Å²) in [5, 5.41) is 0. The summed E-state index contributed by atoms with van der Waals surface area (Å²) in [4.78, 5) is 20.7. The Morgan fingerprint density at radius 1 is 1.23 bits per heavy atom. The highest BCUT2D eigenvalue weighted by atomic mass is 79.9. The number of amides is 1. The number of nitrogens with two attached hydrogens (primary N) is 1. The lowest BCUT2D eigenvalue weighted by Gasteiger charge is -2.37. The van der Waals surface area contributed by atoms with Crippen molar-refractivity contribution in [3.05, 3.63) is 22.8 Å². The van der Waals surface area contributed by atoms with Gasteiger partial charge in [0.15, 0.2) is 0 Å². The first-order valence-electron chi connectivity index (χ1n) is 6.90. The van der Waals surface area contributed by atoms with E-state index in [1.807, 2.05) is 30.9 Å². The first kappa shape index (κ1) is 21.4. The van der Waals surface area contributed by atoms with Crippen LogP contribution in [0.5, 0.6) is 0 Å². The lowest BCUT2D eigenvalue weighted by Crippen LogP contribution is -2.52. The van der Waals surface area contributed by atoms with Gasteiger partial charge < -0.3 is 15.5 Å². The molecular formula is C14H23BrCl2N4O. The zero-order chi connectivity index (χ0) is 14.7. The molecule has 2 heterocycles. The van der Waals surface area contributed by atoms with E-state index < -0.39 is 0 Å². The number of nitrogens with zero attached hydrogens (tertiary/aromatic N) is 3. The standard InChI is InChI=1S/C14H21BrN4O.2ClH/c1-10(11(2)16)14(20)19-7-5-18(6-8-19)13-4-3-12(15)9-17-13;;/h3-4,9-11H,5-8,16H2,1-2H3;2*1H. The minimum atomic E-state index is -0.118. The van der Waals surface area contributed by atoms with Crippen molar-refractivity contribution in [2.45, 2.75) is 19.9 Å². The van der Waals surface area contributed by atoms with Gasteiger partial charge in [0, 0.05) is 42.9 Å². The summed E-state index contributed by atoms with van der Waals surface area (Å²) in [6, 6.07) is 3.87. The van der Waals surface area contributed by atoms with Gasteiger partial charge in [-0.1, -0.05) is 6.92 Å². The number of hydrogen-bond acceptors (Lipinski definition) is 4. The Kier molecular flexibility index (Phi) is 9.31. The van der Waals surface area contributed by atoms with Crippen molar-refractivity contribution in [3.8, 4) is 0 Å². The van der Waals surface area contributed by atoms with Crippen LogP contribution >= 0.6 is 40.7 Å². The van der Waals surface area contributed by atoms with E-state index in [0.717, 1.165) is 36.5 Å². The summed E-state index contributed by atoms with van der Waals surface area (Å²) in [7, 11) is 0.